The molecule has 0 bridgehead atoms. The molecule has 4 N–H and O–H groups in total. The van der Waals surface area contributed by atoms with Crippen LogP contribution < -0.4 is 14.8 Å². The van der Waals surface area contributed by atoms with Crippen LogP contribution in [0.25, 0.3) is 33.0 Å². The van der Waals surface area contributed by atoms with Gasteiger partial charge in [0.05, 0.1) is 41.3 Å². The normalized spacial score (nSPS) is 16.3. The molecule has 0 fully saturated rings. The lowest BCUT2D eigenvalue weighted by Gasteiger charge is -2.09. The Hall–Kier alpha value is -4.08. The number of aliphatic hydroxyl groups is 2. The van der Waals surface area contributed by atoms with Gasteiger partial charge in [0, 0.05) is 34.4 Å². The van der Waals surface area contributed by atoms with Crippen LogP contribution in [0, 0.1) is 0 Å². The number of fused-ring (bicyclic) bond motifs is 4. The van der Waals surface area contributed by atoms with Crippen molar-refractivity contribution >= 4 is 44.8 Å². The Bertz CT molecular complexity index is 1490. The minimum atomic E-state index is -1.00. The van der Waals surface area contributed by atoms with Gasteiger partial charge in [0.2, 0.25) is 6.79 Å². The molecular weight excluding hydrogens is 426 g/mol. The second-order valence-electron chi connectivity index (χ2n) is 8.01. The van der Waals surface area contributed by atoms with E-state index >= 15 is 0 Å². The molecule has 4 aromatic rings. The predicted molar refractivity (Wildman–Crippen MR) is 119 cm³/mol. The maximum Gasteiger partial charge on any atom is 0.259 e. The monoisotopic (exact) mass is 445 g/mol. The van der Waals surface area contributed by atoms with Crippen molar-refractivity contribution in [1.29, 1.82) is 0 Å². The molecule has 0 radical (unpaired) electrons. The summed E-state index contributed by atoms with van der Waals surface area (Å²) in [4.78, 5) is 29.2. The van der Waals surface area contributed by atoms with Gasteiger partial charge < -0.3 is 29.2 Å². The summed E-state index contributed by atoms with van der Waals surface area (Å²) in [6, 6.07) is 11.1. The minimum absolute atomic E-state index is 0.0395. The largest absolute Gasteiger partial charge is 0.454 e. The van der Waals surface area contributed by atoms with Crippen LogP contribution in [0.4, 0.5) is 0 Å². The molecule has 0 saturated carbocycles. The molecule has 2 aliphatic rings. The highest BCUT2D eigenvalue weighted by atomic mass is 16.7. The van der Waals surface area contributed by atoms with Gasteiger partial charge in [-0.1, -0.05) is 18.2 Å². The van der Waals surface area contributed by atoms with Gasteiger partial charge in [-0.05, 0) is 18.2 Å². The molecule has 9 nitrogen and oxygen atoms in total. The molecule has 0 aliphatic carbocycles. The van der Waals surface area contributed by atoms with E-state index < -0.39 is 24.5 Å². The smallest absolute Gasteiger partial charge is 0.259 e. The molecule has 166 valence electrons. The zero-order valence-electron chi connectivity index (χ0n) is 17.3. The summed E-state index contributed by atoms with van der Waals surface area (Å²) < 4.78 is 13.0. The minimum Gasteiger partial charge on any atom is -0.454 e. The van der Waals surface area contributed by atoms with E-state index in [1.807, 2.05) is 24.3 Å². The Morgan fingerprint density at radius 2 is 1.82 bits per heavy atom. The van der Waals surface area contributed by atoms with Crippen molar-refractivity contribution in [2.75, 3.05) is 13.4 Å². The van der Waals surface area contributed by atoms with Gasteiger partial charge in [-0.3, -0.25) is 14.9 Å². The summed E-state index contributed by atoms with van der Waals surface area (Å²) in [7, 11) is 0. The lowest BCUT2D eigenvalue weighted by atomic mass is 9.95. The Morgan fingerprint density at radius 1 is 1.03 bits per heavy atom. The molecule has 2 aromatic heterocycles. The van der Waals surface area contributed by atoms with Crippen molar-refractivity contribution in [3.05, 3.63) is 59.9 Å². The Kier molecular flexibility index (Phi) is 4.29. The highest BCUT2D eigenvalue weighted by molar-refractivity contribution is 6.51. The number of para-hydroxylation sites is 1. The van der Waals surface area contributed by atoms with E-state index in [4.69, 9.17) is 9.47 Å². The number of H-pyrrole nitrogens is 1. The molecule has 0 spiro atoms. The summed E-state index contributed by atoms with van der Waals surface area (Å²) in [6.07, 6.45) is 2.42. The van der Waals surface area contributed by atoms with Crippen LogP contribution in [0.3, 0.4) is 0 Å². The Balaban J connectivity index is 1.67. The second-order valence-corrected chi connectivity index (χ2v) is 8.01. The summed E-state index contributed by atoms with van der Waals surface area (Å²) in [5.41, 5.74) is 3.11. The highest BCUT2D eigenvalue weighted by Gasteiger charge is 2.36. The third-order valence-corrected chi connectivity index (χ3v) is 6.06. The molecule has 2 amide bonds. The number of aromatic amines is 1. The number of rotatable bonds is 5. The van der Waals surface area contributed by atoms with Gasteiger partial charge in [0.15, 0.2) is 11.5 Å². The second kappa shape index (κ2) is 7.22. The molecule has 4 heterocycles. The van der Waals surface area contributed by atoms with Gasteiger partial charge in [-0.15, -0.1) is 0 Å². The number of benzene rings is 2. The van der Waals surface area contributed by atoms with Crippen LogP contribution in [0.1, 0.15) is 11.1 Å². The van der Waals surface area contributed by atoms with Crippen molar-refractivity contribution in [3.63, 3.8) is 0 Å². The zero-order chi connectivity index (χ0) is 22.7. The molecule has 0 saturated heterocycles. The number of hydrogen-bond acceptors (Lipinski definition) is 6. The van der Waals surface area contributed by atoms with E-state index in [-0.39, 0.29) is 24.5 Å². The number of amides is 2. The Labute approximate surface area is 186 Å². The summed E-state index contributed by atoms with van der Waals surface area (Å²) >= 11 is 0. The first-order valence-corrected chi connectivity index (χ1v) is 10.4. The standard InChI is InChI=1S/C24H19N3O6/c28-10-12(29)8-27-9-15(19-17(27)5-6-18-22(19)33-11-32-18)21-20(23(30)26-24(21)31)14-7-25-16-4-2-1-3-13(14)16/h1-7,9,12,25,28-29H,8,10-11H2,(H,26,30,31). The van der Waals surface area contributed by atoms with Crippen LogP contribution in [-0.2, 0) is 16.1 Å². The van der Waals surface area contributed by atoms with Gasteiger partial charge >= 0.3 is 0 Å². The van der Waals surface area contributed by atoms with Crippen LogP contribution in [0.5, 0.6) is 11.5 Å². The number of nitrogens with zero attached hydrogens (tertiary/aromatic N) is 1. The maximum atomic E-state index is 13.1. The number of ether oxygens (including phenoxy) is 2. The highest BCUT2D eigenvalue weighted by Crippen LogP contribution is 2.46. The molecular formula is C24H19N3O6. The van der Waals surface area contributed by atoms with Crippen molar-refractivity contribution in [2.45, 2.75) is 12.6 Å². The average molecular weight is 445 g/mol. The van der Waals surface area contributed by atoms with E-state index in [2.05, 4.69) is 10.3 Å². The fourth-order valence-corrected chi connectivity index (χ4v) is 4.62. The van der Waals surface area contributed by atoms with Crippen molar-refractivity contribution in [3.8, 4) is 11.5 Å². The first-order valence-electron chi connectivity index (χ1n) is 10.4. The molecule has 1 atom stereocenters. The quantitative estimate of drug-likeness (QED) is 0.347. The van der Waals surface area contributed by atoms with Crippen LogP contribution in [0.15, 0.2) is 48.8 Å². The number of carbonyl (C=O) groups excluding carboxylic acids is 2. The van der Waals surface area contributed by atoms with Crippen LogP contribution in [0.2, 0.25) is 0 Å². The first kappa shape index (κ1) is 19.6. The van der Waals surface area contributed by atoms with Gasteiger partial charge in [-0.25, -0.2) is 0 Å². The fraction of sp³-hybridized carbons (Fsp3) is 0.167. The van der Waals surface area contributed by atoms with E-state index in [0.717, 1.165) is 10.9 Å². The van der Waals surface area contributed by atoms with Gasteiger partial charge in [0.25, 0.3) is 11.8 Å². The van der Waals surface area contributed by atoms with Crippen LogP contribution >= 0.6 is 0 Å². The molecule has 9 heteroatoms. The lowest BCUT2D eigenvalue weighted by molar-refractivity contribution is -0.122. The SMILES string of the molecule is O=C1NC(=O)C(c2cn(CC(O)CO)c3ccc4c(c23)OCO4)=C1c1c[nH]c2ccccc12. The third-order valence-electron chi connectivity index (χ3n) is 6.06. The lowest BCUT2D eigenvalue weighted by Crippen LogP contribution is -2.22. The van der Waals surface area contributed by atoms with Crippen LogP contribution in [-0.4, -0.2) is 51.1 Å². The number of aromatic nitrogens is 2. The van der Waals surface area contributed by atoms with E-state index in [1.54, 1.807) is 29.1 Å². The predicted octanol–water partition coefficient (Wildman–Crippen LogP) is 1.77. The van der Waals surface area contributed by atoms with Crippen molar-refractivity contribution in [2.24, 2.45) is 0 Å². The fourth-order valence-electron chi connectivity index (χ4n) is 4.62. The average Bonchev–Trinajstić information content (AvgIpc) is 3.57. The number of carbonyl (C=O) groups is 2. The molecule has 2 aliphatic heterocycles. The topological polar surface area (TPSA) is 126 Å². The molecule has 33 heavy (non-hydrogen) atoms. The Morgan fingerprint density at radius 3 is 2.64 bits per heavy atom. The summed E-state index contributed by atoms with van der Waals surface area (Å²) in [5.74, 6) is 0.000179. The van der Waals surface area contributed by atoms with E-state index in [1.165, 1.54) is 0 Å². The maximum absolute atomic E-state index is 13.1. The molecule has 1 unspecified atom stereocenters. The molecule has 6 rings (SSSR count). The van der Waals surface area contributed by atoms with Crippen molar-refractivity contribution in [1.82, 2.24) is 14.9 Å². The molecule has 2 aromatic carbocycles. The summed E-state index contributed by atoms with van der Waals surface area (Å²) in [5, 5.41) is 23.3. The van der Waals surface area contributed by atoms with E-state index in [9.17, 15) is 19.8 Å². The van der Waals surface area contributed by atoms with Crippen molar-refractivity contribution < 1.29 is 29.3 Å². The third kappa shape index (κ3) is 2.86. The number of imide groups is 1. The zero-order valence-corrected chi connectivity index (χ0v) is 17.3. The summed E-state index contributed by atoms with van der Waals surface area (Å²) in [6.45, 7) is -0.280. The first-order chi connectivity index (χ1) is 16.1. The number of aliphatic hydroxyl groups excluding tert-OH is 2. The number of hydrogen-bond donors (Lipinski definition) is 4. The number of nitrogens with one attached hydrogen (secondary N) is 2. The van der Waals surface area contributed by atoms with Gasteiger partial charge in [-0.2, -0.15) is 0 Å². The van der Waals surface area contributed by atoms with Gasteiger partial charge in [0.1, 0.15) is 0 Å². The van der Waals surface area contributed by atoms with E-state index in [0.29, 0.717) is 33.5 Å².